The van der Waals surface area contributed by atoms with Crippen LogP contribution in [-0.4, -0.2) is 24.5 Å². The highest BCUT2D eigenvalue weighted by Crippen LogP contribution is 2.26. The van der Waals surface area contributed by atoms with Crippen LogP contribution >= 0.6 is 11.6 Å². The Morgan fingerprint density at radius 1 is 1.21 bits per heavy atom. The normalized spacial score (nSPS) is 10.6. The number of nitriles is 1. The number of ether oxygens (including phenoxy) is 1. The van der Waals surface area contributed by atoms with Gasteiger partial charge in [-0.1, -0.05) is 17.7 Å². The molecule has 10 heteroatoms. The number of nitrogens with one attached hydrogen (secondary N) is 2. The summed E-state index contributed by atoms with van der Waals surface area (Å²) in [6.45, 7) is -0.350. The Balaban J connectivity index is 2.01. The predicted molar refractivity (Wildman–Crippen MR) is 103 cm³/mol. The van der Waals surface area contributed by atoms with Crippen LogP contribution < -0.4 is 21.1 Å². The fourth-order valence-electron chi connectivity index (χ4n) is 2.09. The molecule has 148 valence electrons. The molecule has 0 fully saturated rings. The molecule has 0 radical (unpaired) electrons. The van der Waals surface area contributed by atoms with Gasteiger partial charge in [-0.2, -0.15) is 5.26 Å². The van der Waals surface area contributed by atoms with Gasteiger partial charge in [0.25, 0.3) is 11.8 Å². The van der Waals surface area contributed by atoms with Crippen LogP contribution in [0.15, 0.2) is 48.0 Å². The minimum atomic E-state index is -1.09. The van der Waals surface area contributed by atoms with Crippen molar-refractivity contribution in [3.05, 3.63) is 64.4 Å². The second-order valence-corrected chi connectivity index (χ2v) is 5.93. The lowest BCUT2D eigenvalue weighted by Gasteiger charge is -2.09. The highest BCUT2D eigenvalue weighted by Gasteiger charge is 2.12. The number of nitrogens with zero attached hydrogens (tertiary/aromatic N) is 1. The number of hydrogen-bond acceptors (Lipinski definition) is 5. The molecule has 8 nitrogen and oxygen atoms in total. The lowest BCUT2D eigenvalue weighted by atomic mass is 10.1. The van der Waals surface area contributed by atoms with E-state index in [1.54, 1.807) is 11.4 Å². The molecule has 0 aliphatic carbocycles. The Morgan fingerprint density at radius 3 is 2.48 bits per heavy atom. The number of amides is 4. The van der Waals surface area contributed by atoms with Crippen LogP contribution in [0.25, 0.3) is 6.08 Å². The average molecular weight is 417 g/mol. The van der Waals surface area contributed by atoms with E-state index in [0.29, 0.717) is 11.3 Å². The number of nitrogens with two attached hydrogens (primary N) is 1. The topological polar surface area (TPSA) is 134 Å². The fraction of sp³-hybridized carbons (Fsp3) is 0.0526. The molecule has 0 heterocycles. The number of carbonyl (C=O) groups is 3. The number of hydrogen-bond donors (Lipinski definition) is 3. The standard InChI is InChI=1S/C19H14ClFN4O4/c20-15-8-11(7-12(9-22)18(27)25-19(23)28)1-6-16(15)29-10-17(26)24-14-4-2-13(21)3-5-14/h1-8H,10H2,(H,24,26)(H3,23,25,27,28)/b12-7-. The summed E-state index contributed by atoms with van der Waals surface area (Å²) in [5, 5.41) is 13.5. The third-order valence-electron chi connectivity index (χ3n) is 3.36. The fourth-order valence-corrected chi connectivity index (χ4v) is 2.34. The van der Waals surface area contributed by atoms with Crippen molar-refractivity contribution in [1.29, 1.82) is 5.26 Å². The highest BCUT2D eigenvalue weighted by molar-refractivity contribution is 6.32. The van der Waals surface area contributed by atoms with Crippen LogP contribution in [0, 0.1) is 17.1 Å². The van der Waals surface area contributed by atoms with Crippen LogP contribution in [0.1, 0.15) is 5.56 Å². The summed E-state index contributed by atoms with van der Waals surface area (Å²) < 4.78 is 18.2. The number of rotatable bonds is 6. The van der Waals surface area contributed by atoms with E-state index in [1.807, 2.05) is 0 Å². The van der Waals surface area contributed by atoms with E-state index in [2.05, 4.69) is 5.32 Å². The first kappa shape index (κ1) is 21.4. The highest BCUT2D eigenvalue weighted by atomic mass is 35.5. The maximum absolute atomic E-state index is 12.9. The maximum Gasteiger partial charge on any atom is 0.319 e. The zero-order chi connectivity index (χ0) is 21.4. The van der Waals surface area contributed by atoms with Gasteiger partial charge in [0.1, 0.15) is 23.2 Å². The lowest BCUT2D eigenvalue weighted by Crippen LogP contribution is -2.35. The van der Waals surface area contributed by atoms with Gasteiger partial charge in [-0.25, -0.2) is 9.18 Å². The van der Waals surface area contributed by atoms with Gasteiger partial charge in [0, 0.05) is 5.69 Å². The SMILES string of the molecule is N#C/C(=C/c1ccc(OCC(=O)Nc2ccc(F)cc2)c(Cl)c1)C(=O)NC(N)=O. The van der Waals surface area contributed by atoms with E-state index in [-0.39, 0.29) is 23.0 Å². The summed E-state index contributed by atoms with van der Waals surface area (Å²) in [5.41, 5.74) is 5.28. The quantitative estimate of drug-likeness (QED) is 0.491. The number of halogens is 2. The number of anilines is 1. The zero-order valence-corrected chi connectivity index (χ0v) is 15.5. The third kappa shape index (κ3) is 6.64. The molecule has 4 amide bonds. The first-order chi connectivity index (χ1) is 13.8. The molecule has 4 N–H and O–H groups in total. The zero-order valence-electron chi connectivity index (χ0n) is 14.7. The summed E-state index contributed by atoms with van der Waals surface area (Å²) >= 11 is 6.10. The maximum atomic E-state index is 12.9. The van der Waals surface area contributed by atoms with E-state index in [9.17, 15) is 18.8 Å². The Hall–Kier alpha value is -3.90. The van der Waals surface area contributed by atoms with Crippen molar-refractivity contribution < 1.29 is 23.5 Å². The van der Waals surface area contributed by atoms with Crippen LogP contribution in [-0.2, 0) is 9.59 Å². The largest absolute Gasteiger partial charge is 0.482 e. The molecule has 2 aromatic rings. The molecule has 29 heavy (non-hydrogen) atoms. The Morgan fingerprint density at radius 2 is 1.90 bits per heavy atom. The second kappa shape index (κ2) is 9.87. The minimum absolute atomic E-state index is 0.126. The van der Waals surface area contributed by atoms with E-state index in [4.69, 9.17) is 27.3 Å². The van der Waals surface area contributed by atoms with Crippen molar-refractivity contribution in [1.82, 2.24) is 5.32 Å². The van der Waals surface area contributed by atoms with E-state index in [0.717, 1.165) is 0 Å². The molecule has 0 aliphatic heterocycles. The predicted octanol–water partition coefficient (Wildman–Crippen LogP) is 2.60. The van der Waals surface area contributed by atoms with Gasteiger partial charge in [0.2, 0.25) is 0 Å². The Bertz CT molecular complexity index is 1020. The average Bonchev–Trinajstić information content (AvgIpc) is 2.66. The van der Waals surface area contributed by atoms with Crippen molar-refractivity contribution in [3.8, 4) is 11.8 Å². The molecule has 0 aliphatic rings. The molecule has 0 saturated heterocycles. The Labute approximate surface area is 169 Å². The van der Waals surface area contributed by atoms with Crippen molar-refractivity contribution in [2.24, 2.45) is 5.73 Å². The summed E-state index contributed by atoms with van der Waals surface area (Å²) in [5.74, 6) is -1.66. The molecule has 0 bridgehead atoms. The first-order valence-corrected chi connectivity index (χ1v) is 8.36. The first-order valence-electron chi connectivity index (χ1n) is 7.99. The van der Waals surface area contributed by atoms with Gasteiger partial charge in [0.15, 0.2) is 6.61 Å². The van der Waals surface area contributed by atoms with Crippen LogP contribution in [0.3, 0.4) is 0 Å². The van der Waals surface area contributed by atoms with Crippen molar-refractivity contribution >= 4 is 41.2 Å². The van der Waals surface area contributed by atoms with Crippen molar-refractivity contribution in [2.75, 3.05) is 11.9 Å². The van der Waals surface area contributed by atoms with Gasteiger partial charge in [-0.05, 0) is 48.0 Å². The van der Waals surface area contributed by atoms with E-state index in [1.165, 1.54) is 48.5 Å². The molecule has 0 saturated carbocycles. The van der Waals surface area contributed by atoms with Gasteiger partial charge in [-0.15, -0.1) is 0 Å². The number of imide groups is 1. The number of urea groups is 1. The third-order valence-corrected chi connectivity index (χ3v) is 3.65. The van der Waals surface area contributed by atoms with Gasteiger partial charge >= 0.3 is 6.03 Å². The van der Waals surface area contributed by atoms with Gasteiger partial charge in [0.05, 0.1) is 5.02 Å². The summed E-state index contributed by atoms with van der Waals surface area (Å²) in [4.78, 5) is 34.3. The number of primary amides is 1. The second-order valence-electron chi connectivity index (χ2n) is 5.52. The van der Waals surface area contributed by atoms with Crippen LogP contribution in [0.4, 0.5) is 14.9 Å². The molecule has 0 aromatic heterocycles. The van der Waals surface area contributed by atoms with Gasteiger partial charge in [-0.3, -0.25) is 14.9 Å². The number of benzene rings is 2. The molecule has 0 atom stereocenters. The van der Waals surface area contributed by atoms with Crippen molar-refractivity contribution in [3.63, 3.8) is 0 Å². The van der Waals surface area contributed by atoms with E-state index >= 15 is 0 Å². The summed E-state index contributed by atoms with van der Waals surface area (Å²) in [6, 6.07) is 10.1. The van der Waals surface area contributed by atoms with E-state index < -0.39 is 23.7 Å². The summed E-state index contributed by atoms with van der Waals surface area (Å²) in [7, 11) is 0. The monoisotopic (exact) mass is 416 g/mol. The lowest BCUT2D eigenvalue weighted by molar-refractivity contribution is -0.118. The smallest absolute Gasteiger partial charge is 0.319 e. The molecular formula is C19H14ClFN4O4. The summed E-state index contributed by atoms with van der Waals surface area (Å²) in [6.07, 6.45) is 1.20. The van der Waals surface area contributed by atoms with Crippen LogP contribution in [0.2, 0.25) is 5.02 Å². The molecule has 2 aromatic carbocycles. The molecule has 0 unspecified atom stereocenters. The molecular weight excluding hydrogens is 403 g/mol. The van der Waals surface area contributed by atoms with Gasteiger partial charge < -0.3 is 15.8 Å². The number of carbonyl (C=O) groups excluding carboxylic acids is 3. The van der Waals surface area contributed by atoms with Crippen molar-refractivity contribution in [2.45, 2.75) is 0 Å². The molecule has 2 rings (SSSR count). The Kier molecular flexibility index (Phi) is 7.28. The minimum Gasteiger partial charge on any atom is -0.482 e. The van der Waals surface area contributed by atoms with Crippen LogP contribution in [0.5, 0.6) is 5.75 Å². The molecule has 0 spiro atoms.